The fourth-order valence-electron chi connectivity index (χ4n) is 8.19. The molecule has 69 heavy (non-hydrogen) atoms. The number of hydrogen-bond donors (Lipinski definition) is 7. The maximum absolute atomic E-state index is 13.0. The van der Waals surface area contributed by atoms with E-state index in [2.05, 4.69) is 74.6 Å². The van der Waals surface area contributed by atoms with E-state index >= 15 is 0 Å². The fourth-order valence-corrected chi connectivity index (χ4v) is 8.19. The molecule has 0 aromatic rings. The number of ether oxygens (including phenoxy) is 6. The summed E-state index contributed by atoms with van der Waals surface area (Å²) in [6, 6.07) is 0. The van der Waals surface area contributed by atoms with E-state index in [1.807, 2.05) is 0 Å². The number of hydrogen-bond acceptors (Lipinski definition) is 14. The predicted octanol–water partition coefficient (Wildman–Crippen LogP) is 8.52. The molecular weight excluding hydrogens is 885 g/mol. The van der Waals surface area contributed by atoms with Crippen molar-refractivity contribution < 1.29 is 69.0 Å². The Morgan fingerprint density at radius 3 is 1.48 bits per heavy atom. The van der Waals surface area contributed by atoms with Crippen molar-refractivity contribution in [3.8, 4) is 0 Å². The maximum Gasteiger partial charge on any atom is 0.306 e. The van der Waals surface area contributed by atoms with Crippen LogP contribution in [0, 0.1) is 0 Å². The number of allylic oxidation sites excluding steroid dienone is 10. The first-order valence-electron chi connectivity index (χ1n) is 26.9. The van der Waals surface area contributed by atoms with Crippen LogP contribution < -0.4 is 0 Å². The van der Waals surface area contributed by atoms with Crippen LogP contribution in [0.1, 0.15) is 181 Å². The van der Waals surface area contributed by atoms with E-state index in [-0.39, 0.29) is 25.6 Å². The zero-order valence-corrected chi connectivity index (χ0v) is 42.5. The van der Waals surface area contributed by atoms with Crippen molar-refractivity contribution in [1.29, 1.82) is 0 Å². The van der Waals surface area contributed by atoms with Crippen LogP contribution in [-0.2, 0) is 33.2 Å². The summed E-state index contributed by atoms with van der Waals surface area (Å²) >= 11 is 0. The van der Waals surface area contributed by atoms with Gasteiger partial charge in [-0.1, -0.05) is 177 Å². The molecule has 2 heterocycles. The molecular formula is C55H96O14. The van der Waals surface area contributed by atoms with Gasteiger partial charge >= 0.3 is 5.97 Å². The smallest absolute Gasteiger partial charge is 0.306 e. The predicted molar refractivity (Wildman–Crippen MR) is 270 cm³/mol. The van der Waals surface area contributed by atoms with Gasteiger partial charge in [-0.3, -0.25) is 4.79 Å². The topological polar surface area (TPSA) is 214 Å². The lowest BCUT2D eigenvalue weighted by molar-refractivity contribution is -0.332. The minimum Gasteiger partial charge on any atom is -0.457 e. The van der Waals surface area contributed by atoms with Crippen molar-refractivity contribution >= 4 is 5.97 Å². The molecule has 0 saturated carbocycles. The number of aliphatic hydroxyl groups excluding tert-OH is 7. The van der Waals surface area contributed by atoms with Gasteiger partial charge in [-0.25, -0.2) is 0 Å². The van der Waals surface area contributed by atoms with Crippen LogP contribution in [0.25, 0.3) is 0 Å². The third kappa shape index (κ3) is 29.7. The lowest BCUT2D eigenvalue weighted by atomic mass is 9.98. The van der Waals surface area contributed by atoms with Crippen molar-refractivity contribution in [3.05, 3.63) is 60.8 Å². The Balaban J connectivity index is 1.76. The first-order valence-corrected chi connectivity index (χ1v) is 26.9. The van der Waals surface area contributed by atoms with Gasteiger partial charge in [0.2, 0.25) is 0 Å². The van der Waals surface area contributed by atoms with Gasteiger partial charge in [0.05, 0.1) is 26.4 Å². The first kappa shape index (κ1) is 62.8. The summed E-state index contributed by atoms with van der Waals surface area (Å²) < 4.78 is 34.3. The van der Waals surface area contributed by atoms with Crippen molar-refractivity contribution in [3.63, 3.8) is 0 Å². The molecule has 2 aliphatic rings. The summed E-state index contributed by atoms with van der Waals surface area (Å²) in [5, 5.41) is 72.2. The molecule has 2 fully saturated rings. The zero-order chi connectivity index (χ0) is 50.2. The third-order valence-electron chi connectivity index (χ3n) is 12.5. The van der Waals surface area contributed by atoms with Crippen LogP contribution in [0.2, 0.25) is 0 Å². The minimum atomic E-state index is -1.71. The lowest BCUT2D eigenvalue weighted by Crippen LogP contribution is -2.61. The molecule has 11 atom stereocenters. The van der Waals surface area contributed by atoms with E-state index in [0.717, 1.165) is 83.5 Å². The third-order valence-corrected chi connectivity index (χ3v) is 12.5. The Labute approximate surface area is 415 Å². The quantitative estimate of drug-likeness (QED) is 0.0174. The van der Waals surface area contributed by atoms with Crippen molar-refractivity contribution in [2.45, 2.75) is 248 Å². The number of rotatable bonds is 42. The molecule has 0 spiro atoms. The second-order valence-electron chi connectivity index (χ2n) is 18.7. The number of esters is 1. The fraction of sp³-hybridized carbons (Fsp3) is 0.800. The van der Waals surface area contributed by atoms with Gasteiger partial charge in [0.1, 0.15) is 54.9 Å². The highest BCUT2D eigenvalue weighted by Gasteiger charge is 2.47. The van der Waals surface area contributed by atoms with Crippen LogP contribution >= 0.6 is 0 Å². The maximum atomic E-state index is 13.0. The molecule has 2 aliphatic heterocycles. The van der Waals surface area contributed by atoms with Crippen LogP contribution in [-0.4, -0.2) is 142 Å². The summed E-state index contributed by atoms with van der Waals surface area (Å²) in [4.78, 5) is 13.0. The molecule has 0 radical (unpaired) electrons. The molecule has 11 unspecified atom stereocenters. The number of carbonyl (C=O) groups is 1. The molecule has 14 heteroatoms. The number of aliphatic hydroxyl groups is 7. The van der Waals surface area contributed by atoms with Crippen LogP contribution in [0.15, 0.2) is 60.8 Å². The van der Waals surface area contributed by atoms with E-state index in [9.17, 15) is 40.5 Å². The largest absolute Gasteiger partial charge is 0.457 e. The molecule has 0 amide bonds. The van der Waals surface area contributed by atoms with E-state index < -0.39 is 80.7 Å². The Morgan fingerprint density at radius 2 is 0.942 bits per heavy atom. The zero-order valence-electron chi connectivity index (χ0n) is 42.5. The van der Waals surface area contributed by atoms with E-state index in [4.69, 9.17) is 28.4 Å². The normalized spacial score (nSPS) is 26.2. The summed E-state index contributed by atoms with van der Waals surface area (Å²) in [7, 11) is 0. The van der Waals surface area contributed by atoms with E-state index in [0.29, 0.717) is 13.0 Å². The molecule has 0 aliphatic carbocycles. The monoisotopic (exact) mass is 981 g/mol. The van der Waals surface area contributed by atoms with E-state index in [1.165, 1.54) is 70.6 Å². The second kappa shape index (κ2) is 42.2. The van der Waals surface area contributed by atoms with Gasteiger partial charge in [0.15, 0.2) is 12.6 Å². The Hall–Kier alpha value is -2.31. The van der Waals surface area contributed by atoms with Gasteiger partial charge in [-0.15, -0.1) is 0 Å². The minimum absolute atomic E-state index is 0.0439. The highest BCUT2D eigenvalue weighted by Crippen LogP contribution is 2.26. The average molecular weight is 981 g/mol. The highest BCUT2D eigenvalue weighted by molar-refractivity contribution is 5.69. The molecule has 400 valence electrons. The molecule has 0 aromatic heterocycles. The van der Waals surface area contributed by atoms with Crippen LogP contribution in [0.4, 0.5) is 0 Å². The van der Waals surface area contributed by atoms with Crippen molar-refractivity contribution in [2.75, 3.05) is 33.0 Å². The summed E-state index contributed by atoms with van der Waals surface area (Å²) in [6.45, 7) is 3.52. The van der Waals surface area contributed by atoms with Crippen LogP contribution in [0.3, 0.4) is 0 Å². The molecule has 2 rings (SSSR count). The average Bonchev–Trinajstić information content (AvgIpc) is 3.35. The van der Waals surface area contributed by atoms with Crippen LogP contribution in [0.5, 0.6) is 0 Å². The summed E-state index contributed by atoms with van der Waals surface area (Å²) in [5.41, 5.74) is 0. The SMILES string of the molecule is CC/C=C\C/C=C\C/C=C\C/C=C\C/C=C\CCCCCCOCC(COC1OC(COC2OC(CO)C(O)C(O)C2O)C(O)C(O)C1O)OC(=O)CCCCCCCCCCCCCCCCC. The lowest BCUT2D eigenvalue weighted by Gasteiger charge is -2.42. The second-order valence-corrected chi connectivity index (χ2v) is 18.7. The molecule has 0 aromatic carbocycles. The standard InChI is InChI=1S/C55H96O14/c1-3-5-7-9-11-13-15-17-19-20-21-22-23-25-27-29-31-33-35-37-39-64-41-44(67-47(57)38-36-34-32-30-28-26-24-18-16-14-12-10-8-6-4-2)42-65-54-53(63)51(61)49(59)46(69-54)43-66-55-52(62)50(60)48(58)45(40-56)68-55/h5,7,11,13,17,19,21-22,25,27,44-46,48-56,58-63H,3-4,6,8-10,12,14-16,18,20,23-24,26,28-43H2,1-2H3/b7-5-,13-11-,19-17-,22-21-,27-25-. The van der Waals surface area contributed by atoms with Gasteiger partial charge in [0.25, 0.3) is 0 Å². The van der Waals surface area contributed by atoms with Gasteiger partial charge in [-0.2, -0.15) is 0 Å². The van der Waals surface area contributed by atoms with E-state index in [1.54, 1.807) is 0 Å². The van der Waals surface area contributed by atoms with Crippen molar-refractivity contribution in [2.24, 2.45) is 0 Å². The summed E-state index contributed by atoms with van der Waals surface area (Å²) in [6.07, 6.45) is 34.2. The molecule has 14 nitrogen and oxygen atoms in total. The first-order chi connectivity index (χ1) is 33.6. The Bertz CT molecular complexity index is 1370. The Kier molecular flexibility index (Phi) is 38.4. The Morgan fingerprint density at radius 1 is 0.493 bits per heavy atom. The van der Waals surface area contributed by atoms with Gasteiger partial charge in [0, 0.05) is 13.0 Å². The molecule has 0 bridgehead atoms. The molecule has 7 N–H and O–H groups in total. The molecule has 2 saturated heterocycles. The van der Waals surface area contributed by atoms with Gasteiger partial charge in [-0.05, 0) is 57.8 Å². The van der Waals surface area contributed by atoms with Gasteiger partial charge < -0.3 is 64.2 Å². The number of unbranched alkanes of at least 4 members (excludes halogenated alkanes) is 18. The van der Waals surface area contributed by atoms with Crippen molar-refractivity contribution in [1.82, 2.24) is 0 Å². The number of carbonyl (C=O) groups excluding carboxylic acids is 1. The summed E-state index contributed by atoms with van der Waals surface area (Å²) in [5.74, 6) is -0.386. The highest BCUT2D eigenvalue weighted by atomic mass is 16.7.